The van der Waals surface area contributed by atoms with Crippen molar-refractivity contribution in [2.45, 2.75) is 6.92 Å². The monoisotopic (exact) mass is 236 g/mol. The first-order valence-electron chi connectivity index (χ1n) is 4.63. The lowest BCUT2D eigenvalue weighted by molar-refractivity contribution is 0.0688. The van der Waals surface area contributed by atoms with Gasteiger partial charge in [-0.3, -0.25) is 4.57 Å². The molecule has 0 aromatic carbocycles. The minimum Gasteiger partial charge on any atom is -0.477 e. The van der Waals surface area contributed by atoms with Gasteiger partial charge in [-0.15, -0.1) is 0 Å². The standard InChI is InChI=1S/C11H9ClN2O2/c1-7-5-8(12)10(13-6-7)14-4-2-3-9(14)11(15)16/h2-6H,1H3,(H,15,16). The van der Waals surface area contributed by atoms with E-state index in [9.17, 15) is 4.79 Å². The fraction of sp³-hybridized carbons (Fsp3) is 0.0909. The zero-order valence-corrected chi connectivity index (χ0v) is 9.27. The van der Waals surface area contributed by atoms with E-state index >= 15 is 0 Å². The van der Waals surface area contributed by atoms with E-state index in [1.165, 1.54) is 10.6 Å². The van der Waals surface area contributed by atoms with Crippen LogP contribution in [0.2, 0.25) is 5.02 Å². The summed E-state index contributed by atoms with van der Waals surface area (Å²) < 4.78 is 1.45. The van der Waals surface area contributed by atoms with Crippen LogP contribution in [0.5, 0.6) is 0 Å². The average Bonchev–Trinajstić information content (AvgIpc) is 2.66. The first kappa shape index (κ1) is 10.7. The molecule has 4 nitrogen and oxygen atoms in total. The van der Waals surface area contributed by atoms with E-state index in [1.54, 1.807) is 24.5 Å². The van der Waals surface area contributed by atoms with Gasteiger partial charge in [0.25, 0.3) is 0 Å². The third-order valence-corrected chi connectivity index (χ3v) is 2.43. The van der Waals surface area contributed by atoms with E-state index in [0.29, 0.717) is 10.8 Å². The smallest absolute Gasteiger partial charge is 0.352 e. The van der Waals surface area contributed by atoms with E-state index < -0.39 is 5.97 Å². The molecule has 2 heterocycles. The molecule has 0 spiro atoms. The van der Waals surface area contributed by atoms with Gasteiger partial charge in [-0.1, -0.05) is 11.6 Å². The molecule has 5 heteroatoms. The lowest BCUT2D eigenvalue weighted by Crippen LogP contribution is -2.07. The predicted molar refractivity (Wildman–Crippen MR) is 60.3 cm³/mol. The van der Waals surface area contributed by atoms with Crippen LogP contribution >= 0.6 is 11.6 Å². The van der Waals surface area contributed by atoms with E-state index in [2.05, 4.69) is 4.98 Å². The Morgan fingerprint density at radius 3 is 2.94 bits per heavy atom. The fourth-order valence-electron chi connectivity index (χ4n) is 1.44. The van der Waals surface area contributed by atoms with Crippen LogP contribution in [-0.4, -0.2) is 20.6 Å². The van der Waals surface area contributed by atoms with E-state index in [0.717, 1.165) is 5.56 Å². The fourth-order valence-corrected chi connectivity index (χ4v) is 1.76. The molecule has 82 valence electrons. The van der Waals surface area contributed by atoms with Gasteiger partial charge in [0, 0.05) is 12.4 Å². The Kier molecular flexibility index (Phi) is 2.66. The Morgan fingerprint density at radius 2 is 2.31 bits per heavy atom. The van der Waals surface area contributed by atoms with E-state index in [-0.39, 0.29) is 5.69 Å². The predicted octanol–water partition coefficient (Wildman–Crippen LogP) is 2.53. The molecule has 0 radical (unpaired) electrons. The van der Waals surface area contributed by atoms with Crippen LogP contribution < -0.4 is 0 Å². The molecule has 0 atom stereocenters. The van der Waals surface area contributed by atoms with Crippen molar-refractivity contribution in [2.24, 2.45) is 0 Å². The molecule has 0 saturated carbocycles. The largest absolute Gasteiger partial charge is 0.477 e. The van der Waals surface area contributed by atoms with Crippen molar-refractivity contribution in [1.82, 2.24) is 9.55 Å². The number of rotatable bonds is 2. The SMILES string of the molecule is Cc1cnc(-n2cccc2C(=O)O)c(Cl)c1. The number of nitrogens with zero attached hydrogens (tertiary/aromatic N) is 2. The summed E-state index contributed by atoms with van der Waals surface area (Å²) >= 11 is 6.02. The second kappa shape index (κ2) is 3.98. The number of aromatic nitrogens is 2. The van der Waals surface area contributed by atoms with Crippen molar-refractivity contribution < 1.29 is 9.90 Å². The molecule has 0 aliphatic heterocycles. The van der Waals surface area contributed by atoms with E-state index in [1.807, 2.05) is 6.92 Å². The second-order valence-electron chi connectivity index (χ2n) is 3.39. The van der Waals surface area contributed by atoms with Crippen LogP contribution in [0.3, 0.4) is 0 Å². The van der Waals surface area contributed by atoms with E-state index in [4.69, 9.17) is 16.7 Å². The highest BCUT2D eigenvalue weighted by Gasteiger charge is 2.13. The van der Waals surface area contributed by atoms with Crippen molar-refractivity contribution in [3.05, 3.63) is 46.9 Å². The summed E-state index contributed by atoms with van der Waals surface area (Å²) in [5.74, 6) is -0.585. The minimum absolute atomic E-state index is 0.137. The summed E-state index contributed by atoms with van der Waals surface area (Å²) in [4.78, 5) is 15.1. The number of carboxylic acid groups (broad SMARTS) is 1. The quantitative estimate of drug-likeness (QED) is 0.872. The van der Waals surface area contributed by atoms with Crippen LogP contribution in [0.4, 0.5) is 0 Å². The number of carbonyl (C=O) groups is 1. The molecule has 2 rings (SSSR count). The first-order valence-corrected chi connectivity index (χ1v) is 5.00. The lowest BCUT2D eigenvalue weighted by atomic mass is 10.3. The maximum Gasteiger partial charge on any atom is 0.352 e. The Hall–Kier alpha value is -1.81. The molecule has 2 aromatic rings. The van der Waals surface area contributed by atoms with Crippen LogP contribution in [0.25, 0.3) is 5.82 Å². The van der Waals surface area contributed by atoms with Gasteiger partial charge < -0.3 is 5.11 Å². The number of hydrogen-bond donors (Lipinski definition) is 1. The van der Waals surface area contributed by atoms with Crippen molar-refractivity contribution in [3.63, 3.8) is 0 Å². The van der Waals surface area contributed by atoms with Gasteiger partial charge in [-0.25, -0.2) is 9.78 Å². The zero-order valence-electron chi connectivity index (χ0n) is 8.51. The van der Waals surface area contributed by atoms with Crippen molar-refractivity contribution in [3.8, 4) is 5.82 Å². The summed E-state index contributed by atoms with van der Waals surface area (Å²) in [5, 5.41) is 9.40. The molecule has 2 aromatic heterocycles. The molecule has 0 unspecified atom stereocenters. The highest BCUT2D eigenvalue weighted by atomic mass is 35.5. The van der Waals surface area contributed by atoms with Gasteiger partial charge in [-0.2, -0.15) is 0 Å². The number of pyridine rings is 1. The number of halogens is 1. The summed E-state index contributed by atoms with van der Waals surface area (Å²) in [5.41, 5.74) is 1.07. The summed E-state index contributed by atoms with van der Waals surface area (Å²) in [6.07, 6.45) is 3.26. The summed E-state index contributed by atoms with van der Waals surface area (Å²) in [6, 6.07) is 4.89. The van der Waals surface area contributed by atoms with Gasteiger partial charge in [0.2, 0.25) is 0 Å². The minimum atomic E-state index is -1.01. The molecule has 1 N–H and O–H groups in total. The average molecular weight is 237 g/mol. The highest BCUT2D eigenvalue weighted by molar-refractivity contribution is 6.32. The second-order valence-corrected chi connectivity index (χ2v) is 3.79. The molecule has 0 aliphatic rings. The van der Waals surface area contributed by atoms with Crippen molar-refractivity contribution in [1.29, 1.82) is 0 Å². The Balaban J connectivity index is 2.59. The molecule has 0 aliphatic carbocycles. The maximum absolute atomic E-state index is 10.9. The Morgan fingerprint density at radius 1 is 1.56 bits per heavy atom. The molecule has 0 saturated heterocycles. The molecular formula is C11H9ClN2O2. The molecular weight excluding hydrogens is 228 g/mol. The Bertz CT molecular complexity index is 549. The first-order chi connectivity index (χ1) is 7.59. The normalized spacial score (nSPS) is 10.4. The maximum atomic E-state index is 10.9. The van der Waals surface area contributed by atoms with Gasteiger partial charge >= 0.3 is 5.97 Å². The Labute approximate surface area is 97.1 Å². The van der Waals surface area contributed by atoms with Crippen LogP contribution in [0, 0.1) is 6.92 Å². The number of aryl methyl sites for hydroxylation is 1. The summed E-state index contributed by atoms with van der Waals surface area (Å²) in [7, 11) is 0. The third kappa shape index (κ3) is 1.79. The summed E-state index contributed by atoms with van der Waals surface area (Å²) in [6.45, 7) is 1.87. The number of aromatic carboxylic acids is 1. The van der Waals surface area contributed by atoms with Gasteiger partial charge in [0.05, 0.1) is 5.02 Å². The van der Waals surface area contributed by atoms with Gasteiger partial charge in [0.1, 0.15) is 5.69 Å². The molecule has 0 bridgehead atoms. The zero-order chi connectivity index (χ0) is 11.7. The van der Waals surface area contributed by atoms with Gasteiger partial charge in [0.15, 0.2) is 5.82 Å². The van der Waals surface area contributed by atoms with Crippen LogP contribution in [0.15, 0.2) is 30.6 Å². The van der Waals surface area contributed by atoms with Crippen molar-refractivity contribution in [2.75, 3.05) is 0 Å². The topological polar surface area (TPSA) is 55.1 Å². The molecule has 0 fully saturated rings. The molecule has 16 heavy (non-hydrogen) atoms. The van der Waals surface area contributed by atoms with Crippen LogP contribution in [0.1, 0.15) is 16.1 Å². The highest BCUT2D eigenvalue weighted by Crippen LogP contribution is 2.20. The number of carboxylic acids is 1. The molecule has 0 amide bonds. The van der Waals surface area contributed by atoms with Gasteiger partial charge in [-0.05, 0) is 30.7 Å². The van der Waals surface area contributed by atoms with Crippen LogP contribution in [-0.2, 0) is 0 Å². The number of hydrogen-bond acceptors (Lipinski definition) is 2. The van der Waals surface area contributed by atoms with Crippen molar-refractivity contribution >= 4 is 17.6 Å². The third-order valence-electron chi connectivity index (χ3n) is 2.15. The lowest BCUT2D eigenvalue weighted by Gasteiger charge is -2.07.